The second kappa shape index (κ2) is 13.7. The zero-order valence-electron chi connectivity index (χ0n) is 25.1. The number of hydrogen-bond donors (Lipinski definition) is 0. The molecule has 45 heavy (non-hydrogen) atoms. The maximum Gasteiger partial charge on any atom is 0.282 e. The molecule has 0 bridgehead atoms. The van der Waals surface area contributed by atoms with Gasteiger partial charge in [-0.2, -0.15) is 9.78 Å². The SMILES string of the molecule is CCOc1cc(C)c(-c2nc3ccccc3c(=O)n2N=Cc2cc([N+](=O)[O-])ccc2OCc2ccc(Br)cc2Br)cc1C(C)C. The van der Waals surface area contributed by atoms with Crippen LogP contribution in [0.2, 0.25) is 0 Å². The van der Waals surface area contributed by atoms with Crippen LogP contribution in [0.25, 0.3) is 22.3 Å². The molecule has 230 valence electrons. The van der Waals surface area contributed by atoms with Crippen LogP contribution in [0.4, 0.5) is 5.69 Å². The Kier molecular flexibility index (Phi) is 9.79. The van der Waals surface area contributed by atoms with Crippen molar-refractivity contribution in [2.75, 3.05) is 6.61 Å². The Morgan fingerprint density at radius 2 is 1.80 bits per heavy atom. The number of aromatic nitrogens is 2. The van der Waals surface area contributed by atoms with Gasteiger partial charge in [0.2, 0.25) is 0 Å². The van der Waals surface area contributed by atoms with Crippen LogP contribution in [0.3, 0.4) is 0 Å². The first-order chi connectivity index (χ1) is 21.6. The molecular weight excluding hydrogens is 704 g/mol. The van der Waals surface area contributed by atoms with Gasteiger partial charge in [0.05, 0.1) is 28.6 Å². The standard InChI is InChI=1S/C34H30Br2N4O5/c1-5-44-32-14-21(4)28(17-27(32)20(2)3)33-38-30-9-7-6-8-26(30)34(41)39(33)37-18-23-15-25(40(42)43)12-13-31(23)45-19-22-10-11-24(35)16-29(22)36/h6-18,20H,5,19H2,1-4H3. The smallest absolute Gasteiger partial charge is 0.282 e. The molecule has 1 heterocycles. The maximum atomic E-state index is 13.9. The molecule has 9 nitrogen and oxygen atoms in total. The van der Waals surface area contributed by atoms with Gasteiger partial charge >= 0.3 is 0 Å². The van der Waals surface area contributed by atoms with Crippen LogP contribution in [-0.2, 0) is 6.61 Å². The van der Waals surface area contributed by atoms with Crippen molar-refractivity contribution in [1.82, 2.24) is 9.66 Å². The van der Waals surface area contributed by atoms with Gasteiger partial charge in [-0.15, -0.1) is 0 Å². The van der Waals surface area contributed by atoms with E-state index in [-0.39, 0.29) is 23.8 Å². The van der Waals surface area contributed by atoms with E-state index in [1.54, 1.807) is 18.2 Å². The number of ether oxygens (including phenoxy) is 2. The van der Waals surface area contributed by atoms with Crippen LogP contribution in [0, 0.1) is 17.0 Å². The second-order valence-corrected chi connectivity index (χ2v) is 12.4. The summed E-state index contributed by atoms with van der Waals surface area (Å²) in [5.74, 6) is 1.62. The highest BCUT2D eigenvalue weighted by molar-refractivity contribution is 9.11. The molecular formula is C34H30Br2N4O5. The highest BCUT2D eigenvalue weighted by Crippen LogP contribution is 2.34. The lowest BCUT2D eigenvalue weighted by Gasteiger charge is -2.18. The van der Waals surface area contributed by atoms with Crippen LogP contribution in [-0.4, -0.2) is 27.4 Å². The normalized spacial score (nSPS) is 11.4. The highest BCUT2D eigenvalue weighted by atomic mass is 79.9. The van der Waals surface area contributed by atoms with Crippen molar-refractivity contribution in [2.24, 2.45) is 5.10 Å². The number of nitro benzene ring substituents is 1. The molecule has 0 unspecified atom stereocenters. The summed E-state index contributed by atoms with van der Waals surface area (Å²) in [4.78, 5) is 30.0. The maximum absolute atomic E-state index is 13.9. The Morgan fingerprint density at radius 3 is 2.51 bits per heavy atom. The summed E-state index contributed by atoms with van der Waals surface area (Å²) in [5, 5.41) is 16.6. The van der Waals surface area contributed by atoms with Gasteiger partial charge in [0.15, 0.2) is 5.82 Å². The summed E-state index contributed by atoms with van der Waals surface area (Å²) in [5.41, 5.74) is 3.77. The molecule has 0 amide bonds. The molecule has 4 aromatic carbocycles. The molecule has 0 fully saturated rings. The summed E-state index contributed by atoms with van der Waals surface area (Å²) in [7, 11) is 0. The number of rotatable bonds is 10. The number of hydrogen-bond acceptors (Lipinski definition) is 7. The number of fused-ring (bicyclic) bond motifs is 1. The predicted molar refractivity (Wildman–Crippen MR) is 184 cm³/mol. The Morgan fingerprint density at radius 1 is 1.02 bits per heavy atom. The Bertz CT molecular complexity index is 2010. The summed E-state index contributed by atoms with van der Waals surface area (Å²) < 4.78 is 15.0. The zero-order valence-corrected chi connectivity index (χ0v) is 28.3. The minimum Gasteiger partial charge on any atom is -0.494 e. The van der Waals surface area contributed by atoms with Crippen molar-refractivity contribution in [1.29, 1.82) is 0 Å². The van der Waals surface area contributed by atoms with Gasteiger partial charge in [0, 0.05) is 37.8 Å². The Balaban J connectivity index is 1.66. The molecule has 11 heteroatoms. The van der Waals surface area contributed by atoms with E-state index in [2.05, 4.69) is 50.8 Å². The van der Waals surface area contributed by atoms with Crippen LogP contribution >= 0.6 is 31.9 Å². The van der Waals surface area contributed by atoms with E-state index in [0.717, 1.165) is 36.9 Å². The van der Waals surface area contributed by atoms with Gasteiger partial charge in [-0.25, -0.2) is 4.98 Å². The van der Waals surface area contributed by atoms with E-state index in [1.807, 2.05) is 50.2 Å². The molecule has 0 aliphatic heterocycles. The predicted octanol–water partition coefficient (Wildman–Crippen LogP) is 8.79. The lowest BCUT2D eigenvalue weighted by Crippen LogP contribution is -2.21. The van der Waals surface area contributed by atoms with E-state index in [0.29, 0.717) is 34.6 Å². The van der Waals surface area contributed by atoms with Crippen LogP contribution in [0.15, 0.2) is 91.6 Å². The van der Waals surface area contributed by atoms with E-state index in [1.165, 1.54) is 29.1 Å². The topological polar surface area (TPSA) is 109 Å². The van der Waals surface area contributed by atoms with Crippen molar-refractivity contribution in [2.45, 2.75) is 40.2 Å². The monoisotopic (exact) mass is 732 g/mol. The number of nitro groups is 1. The summed E-state index contributed by atoms with van der Waals surface area (Å²) >= 11 is 6.99. The van der Waals surface area contributed by atoms with Crippen molar-refractivity contribution in [3.8, 4) is 22.9 Å². The minimum atomic E-state index is -0.488. The molecule has 1 aromatic heterocycles. The molecule has 0 aliphatic rings. The van der Waals surface area contributed by atoms with Gasteiger partial charge in [-0.1, -0.05) is 63.9 Å². The number of halogens is 2. The third-order valence-electron chi connectivity index (χ3n) is 7.19. The lowest BCUT2D eigenvalue weighted by molar-refractivity contribution is -0.384. The molecule has 0 radical (unpaired) electrons. The molecule has 0 saturated carbocycles. The average molecular weight is 734 g/mol. The first-order valence-electron chi connectivity index (χ1n) is 14.3. The third kappa shape index (κ3) is 6.99. The number of non-ortho nitro benzene ring substituents is 1. The van der Waals surface area contributed by atoms with Crippen molar-refractivity contribution >= 4 is 54.7 Å². The first kappa shape index (κ1) is 32.1. The van der Waals surface area contributed by atoms with Crippen molar-refractivity contribution in [3.05, 3.63) is 124 Å². The molecule has 0 aliphatic carbocycles. The summed E-state index contributed by atoms with van der Waals surface area (Å²) in [6, 6.07) is 21.0. The van der Waals surface area contributed by atoms with Crippen molar-refractivity contribution in [3.63, 3.8) is 0 Å². The zero-order chi connectivity index (χ0) is 32.2. The van der Waals surface area contributed by atoms with E-state index in [9.17, 15) is 14.9 Å². The quantitative estimate of drug-likeness (QED) is 0.0807. The number of nitrogens with zero attached hydrogens (tertiary/aromatic N) is 4. The van der Waals surface area contributed by atoms with E-state index in [4.69, 9.17) is 14.5 Å². The van der Waals surface area contributed by atoms with E-state index >= 15 is 0 Å². The summed E-state index contributed by atoms with van der Waals surface area (Å²) in [6.07, 6.45) is 1.40. The molecule has 5 rings (SSSR count). The fourth-order valence-electron chi connectivity index (χ4n) is 4.87. The second-order valence-electron chi connectivity index (χ2n) is 10.6. The van der Waals surface area contributed by atoms with Crippen LogP contribution in [0.5, 0.6) is 11.5 Å². The Hall–Kier alpha value is -4.35. The number of para-hydroxylation sites is 1. The van der Waals surface area contributed by atoms with Gasteiger partial charge < -0.3 is 9.47 Å². The van der Waals surface area contributed by atoms with Gasteiger partial charge in [-0.3, -0.25) is 14.9 Å². The lowest BCUT2D eigenvalue weighted by atomic mass is 9.96. The van der Waals surface area contributed by atoms with E-state index < -0.39 is 4.92 Å². The van der Waals surface area contributed by atoms with Gasteiger partial charge in [0.1, 0.15) is 18.1 Å². The molecule has 0 spiro atoms. The Labute approximate surface area is 276 Å². The van der Waals surface area contributed by atoms with Crippen LogP contribution < -0.4 is 15.0 Å². The third-order valence-corrected chi connectivity index (χ3v) is 8.42. The largest absolute Gasteiger partial charge is 0.494 e. The first-order valence-corrected chi connectivity index (χ1v) is 15.8. The van der Waals surface area contributed by atoms with Gasteiger partial charge in [0.25, 0.3) is 11.2 Å². The van der Waals surface area contributed by atoms with Gasteiger partial charge in [-0.05, 0) is 73.4 Å². The fraction of sp³-hybridized carbons (Fsp3) is 0.206. The van der Waals surface area contributed by atoms with Crippen LogP contribution in [0.1, 0.15) is 48.9 Å². The minimum absolute atomic E-state index is 0.137. The summed E-state index contributed by atoms with van der Waals surface area (Å²) in [6.45, 7) is 8.74. The number of benzene rings is 4. The number of aryl methyl sites for hydroxylation is 1. The molecule has 0 atom stereocenters. The molecule has 0 N–H and O–H groups in total. The van der Waals surface area contributed by atoms with Crippen molar-refractivity contribution < 1.29 is 14.4 Å². The molecule has 0 saturated heterocycles. The average Bonchev–Trinajstić information content (AvgIpc) is 3.00. The highest BCUT2D eigenvalue weighted by Gasteiger charge is 2.19. The molecule has 5 aromatic rings. The fourth-order valence-corrected chi connectivity index (χ4v) is 6.03.